The van der Waals surface area contributed by atoms with Gasteiger partial charge in [0.15, 0.2) is 29.0 Å². The second kappa shape index (κ2) is 29.8. The highest BCUT2D eigenvalue weighted by atomic mass is 32.1. The molecular weight excluding hydrogens is 967 g/mol. The first kappa shape index (κ1) is 62.6. The molecule has 22 nitrogen and oxygen atoms in total. The molecule has 10 aromatic rings. The number of benzene rings is 1. The summed E-state index contributed by atoms with van der Waals surface area (Å²) in [5.41, 5.74) is 16.4. The third-order valence-electron chi connectivity index (χ3n) is 11.2. The van der Waals surface area contributed by atoms with Crippen LogP contribution in [0.15, 0.2) is 31.3 Å². The minimum Gasteiger partial charge on any atom is -0.446 e. The van der Waals surface area contributed by atoms with Crippen molar-refractivity contribution in [1.82, 2.24) is 75.3 Å². The Morgan fingerprint density at radius 1 is 0.378 bits per heavy atom. The molecule has 0 bridgehead atoms. The van der Waals surface area contributed by atoms with Crippen LogP contribution in [0.25, 0.3) is 11.1 Å². The van der Waals surface area contributed by atoms with E-state index in [1.54, 1.807) is 60.0 Å². The van der Waals surface area contributed by atoms with Gasteiger partial charge >= 0.3 is 0 Å². The van der Waals surface area contributed by atoms with Gasteiger partial charge < -0.3 is 31.3 Å². The van der Waals surface area contributed by atoms with E-state index >= 15 is 0 Å². The molecule has 0 aliphatic carbocycles. The lowest BCUT2D eigenvalue weighted by Crippen LogP contribution is -1.92. The van der Waals surface area contributed by atoms with Crippen molar-refractivity contribution >= 4 is 22.6 Å². The summed E-state index contributed by atoms with van der Waals surface area (Å²) >= 11 is 1.58. The minimum absolute atomic E-state index is 0.495. The largest absolute Gasteiger partial charge is 0.446 e. The van der Waals surface area contributed by atoms with Gasteiger partial charge in [0.25, 0.3) is 0 Å². The fourth-order valence-electron chi connectivity index (χ4n) is 5.79. The molecule has 0 unspecified atom stereocenters. The third-order valence-corrected chi connectivity index (χ3v) is 12.1. The van der Waals surface area contributed by atoms with E-state index in [1.165, 1.54) is 49.6 Å². The van der Waals surface area contributed by atoms with Crippen LogP contribution in [0.3, 0.4) is 0 Å². The highest BCUT2D eigenvalue weighted by molar-refractivity contribution is 7.05. The second-order valence-corrected chi connectivity index (χ2v) is 18.0. The maximum Gasteiger partial charge on any atom is 0.245 e. The monoisotopic (exact) mass is 1040 g/mol. The predicted octanol–water partition coefficient (Wildman–Crippen LogP) is 11.8. The minimum atomic E-state index is 0.495. The standard InChI is InChI=1S/C12H15NO.C7H12N2.2C6H9NO.C6H9NS.3C4H6N2O.C2H3N3O/c1-6-7(2)9(4)12-11(8(6)3)13-10(5)14-12;1-5-6(2)8-9(4)7(5)3;1-4-5(2)8-6(3)7-4;2*1-4-5(2)7-8-6(4)3;1-3-5-6-4(2)7-3;2*1-3-5-4(2)7-6-3;1-2-3-4-5-6-2/h1-5H3;1-4H3;3*1-3H3;3*1-2H3;1H3. The van der Waals surface area contributed by atoms with Gasteiger partial charge in [-0.15, -0.1) is 10.2 Å². The van der Waals surface area contributed by atoms with Gasteiger partial charge in [-0.3, -0.25) is 4.68 Å². The van der Waals surface area contributed by atoms with Gasteiger partial charge in [0, 0.05) is 71.6 Å². The Morgan fingerprint density at radius 3 is 1.14 bits per heavy atom. The summed E-state index contributed by atoms with van der Waals surface area (Å²) in [5.74, 6) is 7.70. The van der Waals surface area contributed by atoms with E-state index in [-0.39, 0.29) is 0 Å². The average molecular weight is 1040 g/mol. The lowest BCUT2D eigenvalue weighted by Gasteiger charge is -2.08. The zero-order chi connectivity index (χ0) is 56.1. The Morgan fingerprint density at radius 2 is 0.919 bits per heavy atom. The first-order valence-electron chi connectivity index (χ1n) is 23.5. The van der Waals surface area contributed by atoms with Gasteiger partial charge in [0.2, 0.25) is 29.5 Å². The van der Waals surface area contributed by atoms with Crippen LogP contribution in [0.5, 0.6) is 0 Å². The van der Waals surface area contributed by atoms with E-state index in [1.807, 2.05) is 74.0 Å². The van der Waals surface area contributed by atoms with E-state index in [9.17, 15) is 0 Å². The van der Waals surface area contributed by atoms with Crippen molar-refractivity contribution in [2.24, 2.45) is 7.05 Å². The molecule has 0 fully saturated rings. The molecule has 1 aromatic carbocycles. The van der Waals surface area contributed by atoms with E-state index in [4.69, 9.17) is 17.8 Å². The van der Waals surface area contributed by atoms with Gasteiger partial charge in [-0.25, -0.2) is 9.97 Å². The van der Waals surface area contributed by atoms with Gasteiger partial charge in [-0.1, -0.05) is 20.6 Å². The third kappa shape index (κ3) is 20.5. The number of hydrogen-bond donors (Lipinski definition) is 0. The molecular formula is C51H75N15O7S. The van der Waals surface area contributed by atoms with Crippen molar-refractivity contribution in [2.75, 3.05) is 0 Å². The molecule has 0 aliphatic heterocycles. The van der Waals surface area contributed by atoms with Crippen molar-refractivity contribution in [3.8, 4) is 0 Å². The van der Waals surface area contributed by atoms with Crippen LogP contribution in [0.2, 0.25) is 0 Å². The molecule has 10 rings (SSSR count). The maximum absolute atomic E-state index is 5.60. The number of oxazole rings is 2. The fraction of sp³-hybridized carbons (Fsp3) is 0.490. The number of aryl methyl sites for hydroxylation is 19. The zero-order valence-corrected chi connectivity index (χ0v) is 48.8. The van der Waals surface area contributed by atoms with Crippen LogP contribution in [0, 0.1) is 166 Å². The highest BCUT2D eigenvalue weighted by Gasteiger charge is 2.13. The van der Waals surface area contributed by atoms with Crippen LogP contribution in [-0.4, -0.2) is 75.3 Å². The van der Waals surface area contributed by atoms with Gasteiger partial charge in [0.1, 0.15) is 17.0 Å². The Kier molecular flexibility index (Phi) is 25.2. The number of hydrogen-bond acceptors (Lipinski definition) is 22. The SMILES string of the molecule is Cc1nc(C)c(C)o1.Cc1nc2c(C)c(C)c(C)c(C)c2o1.Cc1nn(C)c(C)c1C.Cc1nnc(C)o1.Cc1nnno1.Cc1noc(C)c1C.Cc1noc(C)n1.Cc1noc(C)n1.Cc1nsc(C)c1C. The Hall–Kier alpha value is -7.56. The molecule has 0 aliphatic rings. The molecule has 74 heavy (non-hydrogen) atoms. The summed E-state index contributed by atoms with van der Waals surface area (Å²) in [4.78, 5) is 17.5. The number of rotatable bonds is 0. The molecule has 0 atom stereocenters. The summed E-state index contributed by atoms with van der Waals surface area (Å²) in [6.07, 6.45) is 0. The molecule has 0 spiro atoms. The van der Waals surface area contributed by atoms with Crippen molar-refractivity contribution in [2.45, 2.75) is 166 Å². The van der Waals surface area contributed by atoms with Crippen LogP contribution >= 0.6 is 11.5 Å². The quantitative estimate of drug-likeness (QED) is 0.136. The molecule has 9 heterocycles. The summed E-state index contributed by atoms with van der Waals surface area (Å²) in [6, 6.07) is 0. The van der Waals surface area contributed by atoms with Crippen molar-refractivity contribution < 1.29 is 31.3 Å². The molecule has 0 saturated carbocycles. The fourth-order valence-corrected chi connectivity index (χ4v) is 6.48. The molecule has 0 amide bonds. The molecule has 0 radical (unpaired) electrons. The topological polar surface area (TPSA) is 277 Å². The highest BCUT2D eigenvalue weighted by Crippen LogP contribution is 2.29. The molecule has 23 heteroatoms. The average Bonchev–Trinajstić information content (AvgIpc) is 4.27. The van der Waals surface area contributed by atoms with Crippen molar-refractivity contribution in [3.63, 3.8) is 0 Å². The number of aromatic nitrogens is 15. The van der Waals surface area contributed by atoms with Crippen molar-refractivity contribution in [1.29, 1.82) is 0 Å². The Bertz CT molecular complexity index is 2910. The second-order valence-electron chi connectivity index (χ2n) is 17.0. The molecule has 0 saturated heterocycles. The zero-order valence-electron chi connectivity index (χ0n) is 48.0. The lowest BCUT2D eigenvalue weighted by molar-refractivity contribution is 0.373. The molecule has 402 valence electrons. The summed E-state index contributed by atoms with van der Waals surface area (Å²) < 4.78 is 40.0. The normalized spacial score (nSPS) is 9.96. The summed E-state index contributed by atoms with van der Waals surface area (Å²) in [7, 11) is 1.97. The first-order chi connectivity index (χ1) is 34.5. The molecule has 9 aromatic heterocycles. The van der Waals surface area contributed by atoms with Crippen LogP contribution in [0.1, 0.15) is 137 Å². The smallest absolute Gasteiger partial charge is 0.245 e. The van der Waals surface area contributed by atoms with Crippen LogP contribution < -0.4 is 0 Å². The Labute approximate surface area is 437 Å². The summed E-state index contributed by atoms with van der Waals surface area (Å²) in [6.45, 7) is 46.7. The van der Waals surface area contributed by atoms with Crippen LogP contribution in [-0.2, 0) is 7.05 Å². The van der Waals surface area contributed by atoms with E-state index in [0.29, 0.717) is 41.1 Å². The van der Waals surface area contributed by atoms with Gasteiger partial charge in [-0.05, 0) is 168 Å². The van der Waals surface area contributed by atoms with E-state index in [0.717, 1.165) is 57.0 Å². The Balaban J connectivity index is 0.000000288. The van der Waals surface area contributed by atoms with E-state index < -0.39 is 0 Å². The van der Waals surface area contributed by atoms with Crippen molar-refractivity contribution in [3.05, 3.63) is 137 Å². The van der Waals surface area contributed by atoms with Gasteiger partial charge in [-0.2, -0.15) is 19.4 Å². The summed E-state index contributed by atoms with van der Waals surface area (Å²) in [5, 5.41) is 31.9. The van der Waals surface area contributed by atoms with Gasteiger partial charge in [0.05, 0.1) is 28.0 Å². The van der Waals surface area contributed by atoms with Crippen LogP contribution in [0.4, 0.5) is 0 Å². The number of nitrogens with zero attached hydrogens (tertiary/aromatic N) is 15. The lowest BCUT2D eigenvalue weighted by atomic mass is 9.98. The maximum atomic E-state index is 5.60. The first-order valence-corrected chi connectivity index (χ1v) is 24.2. The number of fused-ring (bicyclic) bond motifs is 1. The molecule has 0 N–H and O–H groups in total. The van der Waals surface area contributed by atoms with E-state index in [2.05, 4.69) is 140 Å². The predicted molar refractivity (Wildman–Crippen MR) is 281 cm³/mol.